The van der Waals surface area contributed by atoms with E-state index in [9.17, 15) is 9.90 Å². The van der Waals surface area contributed by atoms with Gasteiger partial charge in [0.2, 0.25) is 5.91 Å². The van der Waals surface area contributed by atoms with Gasteiger partial charge in [-0.05, 0) is 12.3 Å². The van der Waals surface area contributed by atoms with Gasteiger partial charge < -0.3 is 10.4 Å². The minimum atomic E-state index is -0.427. The Morgan fingerprint density at radius 3 is 2.29 bits per heavy atom. The second-order valence-corrected chi connectivity index (χ2v) is 5.13. The highest BCUT2D eigenvalue weighted by Crippen LogP contribution is 2.06. The fourth-order valence-electron chi connectivity index (χ4n) is 1.61. The third kappa shape index (κ3) is 10.3. The van der Waals surface area contributed by atoms with Gasteiger partial charge in [0.05, 0.1) is 6.10 Å². The molecule has 1 unspecified atom stereocenters. The van der Waals surface area contributed by atoms with E-state index in [-0.39, 0.29) is 11.8 Å². The molecule has 0 aliphatic carbocycles. The number of carbonyl (C=O) groups excluding carboxylic acids is 1. The maximum Gasteiger partial charge on any atom is 0.220 e. The number of unbranched alkanes of at least 4 members (excludes halogenated alkanes) is 5. The highest BCUT2D eigenvalue weighted by molar-refractivity contribution is 5.75. The average Bonchev–Trinajstić information content (AvgIpc) is 2.30. The second kappa shape index (κ2) is 10.6. The third-order valence-corrected chi connectivity index (χ3v) is 3.04. The number of hydrogen-bond acceptors (Lipinski definition) is 2. The molecular weight excluding hydrogens is 214 g/mol. The molecule has 17 heavy (non-hydrogen) atoms. The summed E-state index contributed by atoms with van der Waals surface area (Å²) >= 11 is 0. The van der Waals surface area contributed by atoms with E-state index in [1.807, 2.05) is 13.8 Å². The zero-order valence-electron chi connectivity index (χ0n) is 11.7. The molecule has 0 spiro atoms. The smallest absolute Gasteiger partial charge is 0.220 e. The van der Waals surface area contributed by atoms with Crippen molar-refractivity contribution < 1.29 is 9.90 Å². The summed E-state index contributed by atoms with van der Waals surface area (Å²) in [6.07, 6.45) is 7.34. The molecule has 0 rings (SSSR count). The minimum absolute atomic E-state index is 0.0696. The molecule has 1 amide bonds. The Morgan fingerprint density at radius 2 is 1.71 bits per heavy atom. The number of nitrogens with one attached hydrogen (secondary N) is 1. The fourth-order valence-corrected chi connectivity index (χ4v) is 1.61. The first-order chi connectivity index (χ1) is 8.07. The van der Waals surface area contributed by atoms with Crippen LogP contribution in [-0.2, 0) is 4.79 Å². The number of amides is 1. The van der Waals surface area contributed by atoms with Crippen LogP contribution in [0.25, 0.3) is 0 Å². The summed E-state index contributed by atoms with van der Waals surface area (Å²) in [5, 5.41) is 12.3. The van der Waals surface area contributed by atoms with Crippen LogP contribution >= 0.6 is 0 Å². The van der Waals surface area contributed by atoms with Crippen LogP contribution in [0, 0.1) is 5.92 Å². The van der Waals surface area contributed by atoms with E-state index in [2.05, 4.69) is 12.2 Å². The lowest BCUT2D eigenvalue weighted by Crippen LogP contribution is -2.34. The topological polar surface area (TPSA) is 49.3 Å². The van der Waals surface area contributed by atoms with Crippen LogP contribution in [0.15, 0.2) is 0 Å². The molecule has 3 heteroatoms. The number of hydrogen-bond donors (Lipinski definition) is 2. The molecule has 0 aliphatic heterocycles. The van der Waals surface area contributed by atoms with Gasteiger partial charge in [0.15, 0.2) is 0 Å². The van der Waals surface area contributed by atoms with Crippen molar-refractivity contribution in [3.05, 3.63) is 0 Å². The van der Waals surface area contributed by atoms with Crippen molar-refractivity contribution in [3.63, 3.8) is 0 Å². The zero-order chi connectivity index (χ0) is 13.1. The Labute approximate surface area is 106 Å². The maximum absolute atomic E-state index is 11.4. The Hall–Kier alpha value is -0.570. The number of aliphatic hydroxyl groups excluding tert-OH is 1. The highest BCUT2D eigenvalue weighted by atomic mass is 16.3. The van der Waals surface area contributed by atoms with Crippen molar-refractivity contribution in [3.8, 4) is 0 Å². The van der Waals surface area contributed by atoms with Gasteiger partial charge in [0.1, 0.15) is 0 Å². The van der Waals surface area contributed by atoms with Crippen molar-refractivity contribution in [2.24, 2.45) is 5.92 Å². The summed E-state index contributed by atoms with van der Waals surface area (Å²) in [6, 6.07) is 0. The van der Waals surface area contributed by atoms with Gasteiger partial charge in [-0.3, -0.25) is 4.79 Å². The standard InChI is InChI=1S/C14H29NO2/c1-4-5-6-7-8-9-10-14(17)15-11-13(16)12(2)3/h12-13,16H,4-11H2,1-3H3,(H,15,17). The van der Waals surface area contributed by atoms with E-state index in [1.54, 1.807) is 0 Å². The van der Waals surface area contributed by atoms with E-state index >= 15 is 0 Å². The summed E-state index contributed by atoms with van der Waals surface area (Å²) in [7, 11) is 0. The van der Waals surface area contributed by atoms with E-state index < -0.39 is 6.10 Å². The van der Waals surface area contributed by atoms with Crippen LogP contribution in [0.1, 0.15) is 65.7 Å². The molecular formula is C14H29NO2. The summed E-state index contributed by atoms with van der Waals surface area (Å²) in [5.41, 5.74) is 0. The van der Waals surface area contributed by atoms with Crippen molar-refractivity contribution >= 4 is 5.91 Å². The average molecular weight is 243 g/mol. The molecule has 3 nitrogen and oxygen atoms in total. The van der Waals surface area contributed by atoms with Crippen LogP contribution in [0.2, 0.25) is 0 Å². The highest BCUT2D eigenvalue weighted by Gasteiger charge is 2.10. The largest absolute Gasteiger partial charge is 0.391 e. The number of rotatable bonds is 10. The molecule has 0 radical (unpaired) electrons. The summed E-state index contributed by atoms with van der Waals surface area (Å²) in [6.45, 7) is 6.48. The Kier molecular flexibility index (Phi) is 10.2. The monoisotopic (exact) mass is 243 g/mol. The van der Waals surface area contributed by atoms with Crippen molar-refractivity contribution in [2.45, 2.75) is 71.8 Å². The first-order valence-electron chi connectivity index (χ1n) is 7.02. The molecule has 0 aromatic rings. The van der Waals surface area contributed by atoms with Gasteiger partial charge >= 0.3 is 0 Å². The third-order valence-electron chi connectivity index (χ3n) is 3.04. The van der Waals surface area contributed by atoms with Crippen LogP contribution < -0.4 is 5.32 Å². The lowest BCUT2D eigenvalue weighted by atomic mass is 10.1. The molecule has 1 atom stereocenters. The van der Waals surface area contributed by atoms with Gasteiger partial charge in [-0.2, -0.15) is 0 Å². The molecule has 2 N–H and O–H groups in total. The van der Waals surface area contributed by atoms with E-state index in [0.29, 0.717) is 13.0 Å². The van der Waals surface area contributed by atoms with Crippen LogP contribution in [0.5, 0.6) is 0 Å². The van der Waals surface area contributed by atoms with E-state index in [0.717, 1.165) is 12.8 Å². The summed E-state index contributed by atoms with van der Waals surface area (Å²) in [4.78, 5) is 11.4. The quantitative estimate of drug-likeness (QED) is 0.580. The Bertz CT molecular complexity index is 193. The number of aliphatic hydroxyl groups is 1. The number of carbonyl (C=O) groups is 1. The molecule has 0 aromatic carbocycles. The predicted molar refractivity (Wildman–Crippen MR) is 71.8 cm³/mol. The van der Waals surface area contributed by atoms with Crippen LogP contribution in [0.3, 0.4) is 0 Å². The Morgan fingerprint density at radius 1 is 1.12 bits per heavy atom. The van der Waals surface area contributed by atoms with Gasteiger partial charge in [-0.15, -0.1) is 0 Å². The summed E-state index contributed by atoms with van der Waals surface area (Å²) < 4.78 is 0. The van der Waals surface area contributed by atoms with Gasteiger partial charge in [0, 0.05) is 13.0 Å². The molecule has 0 aliphatic rings. The second-order valence-electron chi connectivity index (χ2n) is 5.13. The van der Waals surface area contributed by atoms with Crippen molar-refractivity contribution in [2.75, 3.05) is 6.54 Å². The SMILES string of the molecule is CCCCCCCCC(=O)NCC(O)C(C)C. The van der Waals surface area contributed by atoms with Gasteiger partial charge in [-0.1, -0.05) is 52.9 Å². The molecule has 0 aromatic heterocycles. The lowest BCUT2D eigenvalue weighted by Gasteiger charge is -2.14. The normalized spacial score (nSPS) is 12.8. The van der Waals surface area contributed by atoms with Crippen LogP contribution in [0.4, 0.5) is 0 Å². The molecule has 0 saturated heterocycles. The van der Waals surface area contributed by atoms with Crippen molar-refractivity contribution in [1.29, 1.82) is 0 Å². The molecule has 102 valence electrons. The summed E-state index contributed by atoms with van der Waals surface area (Å²) in [5.74, 6) is 0.268. The van der Waals surface area contributed by atoms with Gasteiger partial charge in [-0.25, -0.2) is 0 Å². The minimum Gasteiger partial charge on any atom is -0.391 e. The molecule has 0 heterocycles. The Balaban J connectivity index is 3.35. The molecule has 0 saturated carbocycles. The molecule has 0 fully saturated rings. The zero-order valence-corrected chi connectivity index (χ0v) is 11.7. The molecule has 0 bridgehead atoms. The first-order valence-corrected chi connectivity index (χ1v) is 7.02. The maximum atomic E-state index is 11.4. The van der Waals surface area contributed by atoms with Gasteiger partial charge in [0.25, 0.3) is 0 Å². The van der Waals surface area contributed by atoms with E-state index in [4.69, 9.17) is 0 Å². The fraction of sp³-hybridized carbons (Fsp3) is 0.929. The predicted octanol–water partition coefficient (Wildman–Crippen LogP) is 2.87. The first kappa shape index (κ1) is 16.4. The van der Waals surface area contributed by atoms with Crippen LogP contribution in [-0.4, -0.2) is 23.7 Å². The lowest BCUT2D eigenvalue weighted by molar-refractivity contribution is -0.121. The van der Waals surface area contributed by atoms with Crippen molar-refractivity contribution in [1.82, 2.24) is 5.32 Å². The van der Waals surface area contributed by atoms with E-state index in [1.165, 1.54) is 25.7 Å².